The molecule has 6 nitrogen and oxygen atoms in total. The van der Waals surface area contributed by atoms with E-state index in [0.717, 1.165) is 71.0 Å². The van der Waals surface area contributed by atoms with Crippen molar-refractivity contribution in [1.82, 2.24) is 30.6 Å². The predicted molar refractivity (Wildman–Crippen MR) is 126 cm³/mol. The van der Waals surface area contributed by atoms with Gasteiger partial charge in [-0.2, -0.15) is 0 Å². The zero-order valence-corrected chi connectivity index (χ0v) is 17.9. The maximum absolute atomic E-state index is 4.74. The van der Waals surface area contributed by atoms with Gasteiger partial charge >= 0.3 is 0 Å². The van der Waals surface area contributed by atoms with E-state index in [1.165, 1.54) is 12.8 Å². The number of aromatic amines is 2. The van der Waals surface area contributed by atoms with Crippen molar-refractivity contribution in [3.05, 3.63) is 71.4 Å². The van der Waals surface area contributed by atoms with Crippen molar-refractivity contribution in [3.63, 3.8) is 0 Å². The summed E-state index contributed by atoms with van der Waals surface area (Å²) in [5.74, 6) is 8.64. The third-order valence-corrected chi connectivity index (χ3v) is 6.42. The molecule has 4 heterocycles. The molecule has 0 saturated carbocycles. The molecule has 160 valence electrons. The standard InChI is InChI=1S/C26H26N6/c1-3-21(27-13-1)25-29-16-24(32-25)19-10-7-17(8-11-19)5-6-18-9-12-20-23(15-18)31-26(30-20)22-4-2-14-28-22/h7-12,15-16,21-22,27-28H,1-4,13-14H2,(H,29,32)(H,30,31). The van der Waals surface area contributed by atoms with Crippen LogP contribution in [0.2, 0.25) is 0 Å². The van der Waals surface area contributed by atoms with Crippen LogP contribution < -0.4 is 10.6 Å². The molecule has 0 spiro atoms. The second kappa shape index (κ2) is 8.27. The molecule has 2 aliphatic rings. The normalized spacial score (nSPS) is 20.5. The summed E-state index contributed by atoms with van der Waals surface area (Å²) in [7, 11) is 0. The van der Waals surface area contributed by atoms with E-state index in [4.69, 9.17) is 4.98 Å². The first-order valence-electron chi connectivity index (χ1n) is 11.5. The maximum Gasteiger partial charge on any atom is 0.124 e. The van der Waals surface area contributed by atoms with Crippen LogP contribution in [0.1, 0.15) is 60.5 Å². The van der Waals surface area contributed by atoms with Crippen LogP contribution in [0.5, 0.6) is 0 Å². The van der Waals surface area contributed by atoms with Crippen LogP contribution in [0.3, 0.4) is 0 Å². The Balaban J connectivity index is 1.18. The molecule has 2 unspecified atom stereocenters. The number of aromatic nitrogens is 4. The summed E-state index contributed by atoms with van der Waals surface area (Å²) in [6, 6.07) is 15.2. The zero-order valence-electron chi connectivity index (χ0n) is 17.9. The van der Waals surface area contributed by atoms with Gasteiger partial charge in [-0.1, -0.05) is 24.0 Å². The lowest BCUT2D eigenvalue weighted by molar-refractivity contribution is 0.613. The third kappa shape index (κ3) is 3.81. The first-order chi connectivity index (χ1) is 15.8. The minimum atomic E-state index is 0.343. The number of fused-ring (bicyclic) bond motifs is 1. The molecule has 0 amide bonds. The number of rotatable bonds is 3. The molecular formula is C26H26N6. The maximum atomic E-state index is 4.74. The quantitative estimate of drug-likeness (QED) is 0.373. The van der Waals surface area contributed by atoms with E-state index in [1.807, 2.05) is 18.3 Å². The van der Waals surface area contributed by atoms with Gasteiger partial charge in [0, 0.05) is 11.1 Å². The molecule has 0 aliphatic carbocycles. The summed E-state index contributed by atoms with van der Waals surface area (Å²) in [5.41, 5.74) is 6.19. The second-order valence-electron chi connectivity index (χ2n) is 8.66. The van der Waals surface area contributed by atoms with Crippen molar-refractivity contribution in [3.8, 4) is 23.1 Å². The molecule has 4 aromatic rings. The largest absolute Gasteiger partial charge is 0.341 e. The molecule has 32 heavy (non-hydrogen) atoms. The predicted octanol–water partition coefficient (Wildman–Crippen LogP) is 4.20. The van der Waals surface area contributed by atoms with E-state index in [0.29, 0.717) is 12.1 Å². The molecule has 6 rings (SSSR count). The van der Waals surface area contributed by atoms with Gasteiger partial charge in [-0.25, -0.2) is 9.97 Å². The van der Waals surface area contributed by atoms with Crippen molar-refractivity contribution in [1.29, 1.82) is 0 Å². The molecule has 4 N–H and O–H groups in total. The Morgan fingerprint density at radius 3 is 2.25 bits per heavy atom. The SMILES string of the molecule is C(#Cc1ccc2nc(C3CCCN3)[nH]c2c1)c1ccc(-c2cnc(C3CCCN3)[nH]2)cc1. The highest BCUT2D eigenvalue weighted by molar-refractivity contribution is 5.77. The molecule has 2 fully saturated rings. The van der Waals surface area contributed by atoms with Gasteiger partial charge in [-0.15, -0.1) is 0 Å². The van der Waals surface area contributed by atoms with Crippen LogP contribution in [0.25, 0.3) is 22.3 Å². The number of nitrogens with one attached hydrogen (secondary N) is 4. The van der Waals surface area contributed by atoms with Crippen LogP contribution in [0.15, 0.2) is 48.7 Å². The van der Waals surface area contributed by atoms with Gasteiger partial charge in [0.1, 0.15) is 11.6 Å². The van der Waals surface area contributed by atoms with Gasteiger partial charge < -0.3 is 20.6 Å². The van der Waals surface area contributed by atoms with Crippen molar-refractivity contribution < 1.29 is 0 Å². The summed E-state index contributed by atoms with van der Waals surface area (Å²) in [6.45, 7) is 2.14. The molecule has 6 heteroatoms. The molecular weight excluding hydrogens is 396 g/mol. The lowest BCUT2D eigenvalue weighted by atomic mass is 10.1. The van der Waals surface area contributed by atoms with E-state index in [2.05, 4.69) is 67.8 Å². The van der Waals surface area contributed by atoms with Crippen molar-refractivity contribution in [2.45, 2.75) is 37.8 Å². The van der Waals surface area contributed by atoms with Crippen molar-refractivity contribution in [2.75, 3.05) is 13.1 Å². The van der Waals surface area contributed by atoms with Gasteiger partial charge in [-0.05, 0) is 74.7 Å². The van der Waals surface area contributed by atoms with Gasteiger partial charge in [-0.3, -0.25) is 0 Å². The Hall–Kier alpha value is -3.40. The van der Waals surface area contributed by atoms with Crippen LogP contribution >= 0.6 is 0 Å². The summed E-state index contributed by atoms with van der Waals surface area (Å²) in [6.07, 6.45) is 6.62. The van der Waals surface area contributed by atoms with E-state index >= 15 is 0 Å². The second-order valence-corrected chi connectivity index (χ2v) is 8.66. The first-order valence-corrected chi connectivity index (χ1v) is 11.5. The van der Waals surface area contributed by atoms with Crippen molar-refractivity contribution >= 4 is 11.0 Å². The molecule has 2 atom stereocenters. The minimum absolute atomic E-state index is 0.343. The lowest BCUT2D eigenvalue weighted by Gasteiger charge is -2.05. The summed E-state index contributed by atoms with van der Waals surface area (Å²) >= 11 is 0. The Morgan fingerprint density at radius 1 is 0.781 bits per heavy atom. The summed E-state index contributed by atoms with van der Waals surface area (Å²) in [5, 5.41) is 6.98. The third-order valence-electron chi connectivity index (χ3n) is 6.42. The minimum Gasteiger partial charge on any atom is -0.341 e. The summed E-state index contributed by atoms with van der Waals surface area (Å²) < 4.78 is 0. The highest BCUT2D eigenvalue weighted by atomic mass is 15.0. The van der Waals surface area contributed by atoms with E-state index in [9.17, 15) is 0 Å². The number of nitrogens with zero attached hydrogens (tertiary/aromatic N) is 2. The fourth-order valence-electron chi connectivity index (χ4n) is 4.65. The van der Waals surface area contributed by atoms with Crippen molar-refractivity contribution in [2.24, 2.45) is 0 Å². The van der Waals surface area contributed by atoms with E-state index in [-0.39, 0.29) is 0 Å². The van der Waals surface area contributed by atoms with Crippen LogP contribution in [-0.2, 0) is 0 Å². The Morgan fingerprint density at radius 2 is 1.50 bits per heavy atom. The average Bonchev–Trinajstić information content (AvgIpc) is 3.63. The Bertz CT molecular complexity index is 1290. The number of H-pyrrole nitrogens is 2. The van der Waals surface area contributed by atoms with E-state index < -0.39 is 0 Å². The molecule has 2 aromatic heterocycles. The topological polar surface area (TPSA) is 81.4 Å². The number of benzene rings is 2. The molecule has 2 saturated heterocycles. The van der Waals surface area contributed by atoms with Gasteiger partial charge in [0.2, 0.25) is 0 Å². The fourth-order valence-corrected chi connectivity index (χ4v) is 4.65. The van der Waals surface area contributed by atoms with E-state index in [1.54, 1.807) is 0 Å². The Labute approximate surface area is 187 Å². The molecule has 2 aliphatic heterocycles. The summed E-state index contributed by atoms with van der Waals surface area (Å²) in [4.78, 5) is 16.2. The number of hydrogen-bond donors (Lipinski definition) is 4. The fraction of sp³-hybridized carbons (Fsp3) is 0.308. The lowest BCUT2D eigenvalue weighted by Crippen LogP contribution is -2.14. The van der Waals surface area contributed by atoms with Gasteiger partial charge in [0.05, 0.1) is 35.0 Å². The van der Waals surface area contributed by atoms with Crippen LogP contribution in [0.4, 0.5) is 0 Å². The zero-order chi connectivity index (χ0) is 21.3. The van der Waals surface area contributed by atoms with Gasteiger partial charge in [0.25, 0.3) is 0 Å². The Kier molecular flexibility index (Phi) is 4.99. The average molecular weight is 423 g/mol. The monoisotopic (exact) mass is 422 g/mol. The smallest absolute Gasteiger partial charge is 0.124 e. The first kappa shape index (κ1) is 19.3. The highest BCUT2D eigenvalue weighted by Crippen LogP contribution is 2.25. The highest BCUT2D eigenvalue weighted by Gasteiger charge is 2.20. The van der Waals surface area contributed by atoms with Crippen LogP contribution in [-0.4, -0.2) is 33.0 Å². The number of imidazole rings is 2. The molecule has 0 bridgehead atoms. The number of hydrogen-bond acceptors (Lipinski definition) is 4. The van der Waals surface area contributed by atoms with Crippen LogP contribution in [0, 0.1) is 11.8 Å². The molecule has 0 radical (unpaired) electrons. The molecule has 2 aromatic carbocycles. The van der Waals surface area contributed by atoms with Gasteiger partial charge in [0.15, 0.2) is 0 Å².